The number of amides is 2. The largest absolute Gasteiger partial charge is 0.489 e. The van der Waals surface area contributed by atoms with Gasteiger partial charge >= 0.3 is 12.6 Å². The van der Waals surface area contributed by atoms with Gasteiger partial charge in [0.1, 0.15) is 11.3 Å². The zero-order valence-electron chi connectivity index (χ0n) is 20.4. The first kappa shape index (κ1) is 24.9. The van der Waals surface area contributed by atoms with E-state index in [1.54, 1.807) is 31.2 Å². The molecule has 10 heteroatoms. The number of ether oxygens (including phenoxy) is 3. The van der Waals surface area contributed by atoms with Crippen molar-refractivity contribution in [3.05, 3.63) is 53.1 Å². The molecule has 37 heavy (non-hydrogen) atoms. The van der Waals surface area contributed by atoms with Crippen molar-refractivity contribution in [1.29, 1.82) is 0 Å². The lowest BCUT2D eigenvalue weighted by Crippen LogP contribution is -2.51. The van der Waals surface area contributed by atoms with Gasteiger partial charge in [-0.1, -0.05) is 6.07 Å². The van der Waals surface area contributed by atoms with Gasteiger partial charge in [0.05, 0.1) is 12.2 Å². The fraction of sp³-hybridized carbons (Fsp3) is 0.407. The molecule has 1 aliphatic carbocycles. The minimum Gasteiger partial charge on any atom is -0.489 e. The van der Waals surface area contributed by atoms with Gasteiger partial charge in [-0.3, -0.25) is 9.59 Å². The van der Waals surface area contributed by atoms with E-state index < -0.39 is 24.0 Å². The Bertz CT molecular complexity index is 1290. The van der Waals surface area contributed by atoms with Crippen LogP contribution in [0.2, 0.25) is 0 Å². The van der Waals surface area contributed by atoms with Crippen molar-refractivity contribution in [2.75, 3.05) is 13.2 Å². The molecule has 2 atom stereocenters. The lowest BCUT2D eigenvalue weighted by atomic mass is 9.89. The molecule has 2 aliphatic heterocycles. The molecule has 5 rings (SSSR count). The zero-order valence-corrected chi connectivity index (χ0v) is 20.4. The summed E-state index contributed by atoms with van der Waals surface area (Å²) in [7, 11) is 0. The van der Waals surface area contributed by atoms with Crippen molar-refractivity contribution < 1.29 is 37.4 Å². The molecule has 2 fully saturated rings. The third-order valence-corrected chi connectivity index (χ3v) is 7.08. The van der Waals surface area contributed by atoms with Crippen molar-refractivity contribution in [2.24, 2.45) is 10.9 Å². The first-order chi connectivity index (χ1) is 17.6. The topological polar surface area (TPSA) is 94.5 Å². The number of esters is 1. The molecule has 2 aromatic rings. The van der Waals surface area contributed by atoms with Crippen LogP contribution in [0.3, 0.4) is 0 Å². The van der Waals surface area contributed by atoms with Crippen molar-refractivity contribution in [3.63, 3.8) is 0 Å². The third-order valence-electron chi connectivity index (χ3n) is 7.08. The van der Waals surface area contributed by atoms with E-state index in [9.17, 15) is 23.2 Å². The average molecular weight is 513 g/mol. The van der Waals surface area contributed by atoms with E-state index in [0.717, 1.165) is 18.4 Å². The number of likely N-dealkylation sites (tertiary alicyclic amines) is 1. The van der Waals surface area contributed by atoms with Gasteiger partial charge in [0.15, 0.2) is 11.5 Å². The van der Waals surface area contributed by atoms with E-state index in [0.29, 0.717) is 23.7 Å². The van der Waals surface area contributed by atoms with Crippen LogP contribution in [0.25, 0.3) is 0 Å². The Morgan fingerprint density at radius 3 is 2.65 bits per heavy atom. The third kappa shape index (κ3) is 5.05. The molecule has 2 heterocycles. The standard InChI is InChI=1S/C27H26F2N2O6/c1-15(32)31-13-19(17-6-8-22(37-26(28)29)23(9-17)35-14-16-3-4-16)11-27(31,2)25(34)36-20-7-5-18-12-30-24(33)21(18)10-20/h5-10,12,16,19,26H,3-4,11,13-14H2,1-2H3/t19?,27-/m1/s1. The summed E-state index contributed by atoms with van der Waals surface area (Å²) >= 11 is 0. The number of hydrogen-bond acceptors (Lipinski definition) is 6. The number of alkyl halides is 2. The SMILES string of the molecule is CC(=O)N1CC(c2ccc(OC(F)F)c(OCC3CC3)c2)C[C@]1(C)C(=O)Oc1ccc2c(c1)C(=O)N=C2. The maximum atomic E-state index is 13.4. The number of halogens is 2. The van der Waals surface area contributed by atoms with Crippen molar-refractivity contribution in [3.8, 4) is 17.2 Å². The number of nitrogens with zero attached hydrogens (tertiary/aromatic N) is 2. The monoisotopic (exact) mass is 512 g/mol. The first-order valence-electron chi connectivity index (χ1n) is 12.1. The highest BCUT2D eigenvalue weighted by Gasteiger charge is 2.50. The lowest BCUT2D eigenvalue weighted by Gasteiger charge is -2.31. The minimum absolute atomic E-state index is 0.0573. The highest BCUT2D eigenvalue weighted by molar-refractivity contribution is 6.13. The summed E-state index contributed by atoms with van der Waals surface area (Å²) in [5.74, 6) is -0.897. The first-order valence-corrected chi connectivity index (χ1v) is 12.1. The quantitative estimate of drug-likeness (QED) is 0.386. The van der Waals surface area contributed by atoms with Crippen molar-refractivity contribution in [2.45, 2.75) is 51.2 Å². The van der Waals surface area contributed by atoms with E-state index in [1.165, 1.54) is 30.2 Å². The molecule has 3 aliphatic rings. The number of benzene rings is 2. The number of carbonyl (C=O) groups is 3. The molecule has 0 radical (unpaired) electrons. The Kier molecular flexibility index (Phi) is 6.43. The molecule has 0 bridgehead atoms. The molecule has 2 aromatic carbocycles. The maximum absolute atomic E-state index is 13.4. The molecule has 0 spiro atoms. The number of hydrogen-bond donors (Lipinski definition) is 0. The second-order valence-corrected chi connectivity index (χ2v) is 9.85. The molecule has 194 valence electrons. The van der Waals surface area contributed by atoms with Crippen LogP contribution in [-0.4, -0.2) is 54.2 Å². The smallest absolute Gasteiger partial charge is 0.387 e. The summed E-state index contributed by atoms with van der Waals surface area (Å²) in [6.45, 7) is 0.661. The molecule has 8 nitrogen and oxygen atoms in total. The van der Waals surface area contributed by atoms with Crippen molar-refractivity contribution in [1.82, 2.24) is 4.90 Å². The van der Waals surface area contributed by atoms with Gasteiger partial charge in [-0.05, 0) is 68.0 Å². The highest BCUT2D eigenvalue weighted by atomic mass is 19.3. The lowest BCUT2D eigenvalue weighted by molar-refractivity contribution is -0.152. The van der Waals surface area contributed by atoms with E-state index in [-0.39, 0.29) is 42.0 Å². The summed E-state index contributed by atoms with van der Waals surface area (Å²) in [4.78, 5) is 43.0. The van der Waals surface area contributed by atoms with Crippen LogP contribution in [0.5, 0.6) is 17.2 Å². The molecular formula is C27H26F2N2O6. The minimum atomic E-state index is -2.99. The van der Waals surface area contributed by atoms with Crippen LogP contribution in [-0.2, 0) is 9.59 Å². The maximum Gasteiger partial charge on any atom is 0.387 e. The van der Waals surface area contributed by atoms with Gasteiger partial charge in [-0.2, -0.15) is 8.78 Å². The summed E-state index contributed by atoms with van der Waals surface area (Å²) in [5, 5.41) is 0. The van der Waals surface area contributed by atoms with Crippen LogP contribution in [0.15, 0.2) is 41.4 Å². The molecule has 1 saturated carbocycles. The van der Waals surface area contributed by atoms with Gasteiger partial charge in [0.2, 0.25) is 5.91 Å². The normalized spacial score (nSPS) is 22.4. The summed E-state index contributed by atoms with van der Waals surface area (Å²) < 4.78 is 41.9. The van der Waals surface area contributed by atoms with Gasteiger partial charge in [-0.15, -0.1) is 0 Å². The molecule has 1 unspecified atom stereocenters. The summed E-state index contributed by atoms with van der Waals surface area (Å²) in [5.41, 5.74) is 0.424. The van der Waals surface area contributed by atoms with Crippen LogP contribution in [0, 0.1) is 5.92 Å². The van der Waals surface area contributed by atoms with E-state index in [1.807, 2.05) is 0 Å². The number of rotatable bonds is 8. The molecule has 2 amide bonds. The molecular weight excluding hydrogens is 486 g/mol. The van der Waals surface area contributed by atoms with Crippen molar-refractivity contribution >= 4 is 24.0 Å². The number of aliphatic imine (C=N–C) groups is 1. The Hall–Kier alpha value is -3.82. The second kappa shape index (κ2) is 9.57. The second-order valence-electron chi connectivity index (χ2n) is 9.85. The predicted octanol–water partition coefficient (Wildman–Crippen LogP) is 4.35. The van der Waals surface area contributed by atoms with Gasteiger partial charge in [0, 0.05) is 31.2 Å². The van der Waals surface area contributed by atoms with E-state index in [2.05, 4.69) is 9.73 Å². The van der Waals surface area contributed by atoms with Crippen LogP contribution < -0.4 is 14.2 Å². The van der Waals surface area contributed by atoms with Gasteiger partial charge < -0.3 is 19.1 Å². The Balaban J connectivity index is 1.37. The molecule has 1 saturated heterocycles. The highest BCUT2D eigenvalue weighted by Crippen LogP contribution is 2.43. The fourth-order valence-corrected chi connectivity index (χ4v) is 4.86. The molecule has 0 N–H and O–H groups in total. The van der Waals surface area contributed by atoms with Crippen LogP contribution in [0.1, 0.15) is 60.5 Å². The molecule has 0 aromatic heterocycles. The number of carbonyl (C=O) groups excluding carboxylic acids is 3. The Morgan fingerprint density at radius 2 is 1.95 bits per heavy atom. The van der Waals surface area contributed by atoms with Crippen LogP contribution >= 0.6 is 0 Å². The summed E-state index contributed by atoms with van der Waals surface area (Å²) in [6, 6.07) is 9.39. The zero-order chi connectivity index (χ0) is 26.3. The Morgan fingerprint density at radius 1 is 1.16 bits per heavy atom. The average Bonchev–Trinajstić information content (AvgIpc) is 3.51. The predicted molar refractivity (Wildman–Crippen MR) is 128 cm³/mol. The fourth-order valence-electron chi connectivity index (χ4n) is 4.86. The van der Waals surface area contributed by atoms with Gasteiger partial charge in [0.25, 0.3) is 5.91 Å². The van der Waals surface area contributed by atoms with E-state index >= 15 is 0 Å². The number of fused-ring (bicyclic) bond motifs is 1. The van der Waals surface area contributed by atoms with Gasteiger partial charge in [-0.25, -0.2) is 9.79 Å². The summed E-state index contributed by atoms with van der Waals surface area (Å²) in [6.07, 6.45) is 3.76. The van der Waals surface area contributed by atoms with Crippen LogP contribution in [0.4, 0.5) is 8.78 Å². The Labute approximate surface area is 212 Å². The van der Waals surface area contributed by atoms with E-state index in [4.69, 9.17) is 9.47 Å².